The van der Waals surface area contributed by atoms with Crippen molar-refractivity contribution in [3.63, 3.8) is 0 Å². The summed E-state index contributed by atoms with van der Waals surface area (Å²) in [7, 11) is -3.84. The predicted molar refractivity (Wildman–Crippen MR) is 180 cm³/mol. The van der Waals surface area contributed by atoms with E-state index in [2.05, 4.69) is 10.6 Å². The van der Waals surface area contributed by atoms with Crippen molar-refractivity contribution in [2.24, 2.45) is 0 Å². The molecule has 0 aliphatic carbocycles. The minimum Gasteiger partial charge on any atom is -0.457 e. The van der Waals surface area contributed by atoms with Crippen LogP contribution in [0, 0.1) is 11.6 Å². The molecular formula is C38H26F2N2O6S. The molecule has 0 saturated heterocycles. The Morgan fingerprint density at radius 3 is 1.02 bits per heavy atom. The number of anilines is 2. The summed E-state index contributed by atoms with van der Waals surface area (Å²) >= 11 is 0. The van der Waals surface area contributed by atoms with E-state index in [1.54, 1.807) is 72.8 Å². The highest BCUT2D eigenvalue weighted by atomic mass is 32.2. The van der Waals surface area contributed by atoms with Crippen LogP contribution < -0.4 is 20.1 Å². The van der Waals surface area contributed by atoms with Crippen molar-refractivity contribution in [2.45, 2.75) is 9.79 Å². The molecule has 0 saturated carbocycles. The van der Waals surface area contributed by atoms with E-state index in [9.17, 15) is 26.8 Å². The lowest BCUT2D eigenvalue weighted by Gasteiger charge is -2.10. The summed E-state index contributed by atoms with van der Waals surface area (Å²) in [6.07, 6.45) is 0. The van der Waals surface area contributed by atoms with Crippen LogP contribution in [0.1, 0.15) is 20.7 Å². The molecule has 0 aromatic heterocycles. The molecule has 0 aliphatic rings. The third-order valence-electron chi connectivity index (χ3n) is 7.18. The molecule has 0 fully saturated rings. The van der Waals surface area contributed by atoms with Gasteiger partial charge >= 0.3 is 0 Å². The van der Waals surface area contributed by atoms with E-state index in [-0.39, 0.29) is 21.6 Å². The summed E-state index contributed by atoms with van der Waals surface area (Å²) in [5.74, 6) is 0.129. The van der Waals surface area contributed by atoms with Crippen LogP contribution in [0.15, 0.2) is 155 Å². The van der Waals surface area contributed by atoms with Gasteiger partial charge in [0, 0.05) is 22.5 Å². The smallest absolute Gasteiger partial charge is 0.255 e. The van der Waals surface area contributed by atoms with Crippen molar-refractivity contribution < 1.29 is 36.3 Å². The van der Waals surface area contributed by atoms with Gasteiger partial charge in [-0.25, -0.2) is 17.2 Å². The first-order valence-corrected chi connectivity index (χ1v) is 16.3. The maximum atomic E-state index is 13.3. The fraction of sp³-hybridized carbons (Fsp3) is 0. The summed E-state index contributed by atoms with van der Waals surface area (Å²) in [4.78, 5) is 24.8. The number of benzene rings is 6. The Bertz CT molecular complexity index is 2040. The second kappa shape index (κ2) is 14.2. The van der Waals surface area contributed by atoms with Crippen molar-refractivity contribution >= 4 is 33.0 Å². The number of hydrogen-bond donors (Lipinski definition) is 2. The minimum atomic E-state index is -3.84. The highest BCUT2D eigenvalue weighted by Gasteiger charge is 2.18. The van der Waals surface area contributed by atoms with Gasteiger partial charge < -0.3 is 20.1 Å². The van der Waals surface area contributed by atoms with Gasteiger partial charge in [0.1, 0.15) is 34.6 Å². The Kier molecular flexibility index (Phi) is 9.45. The summed E-state index contributed by atoms with van der Waals surface area (Å²) < 4.78 is 64.4. The molecule has 244 valence electrons. The largest absolute Gasteiger partial charge is 0.457 e. The first-order valence-electron chi connectivity index (χ1n) is 14.8. The molecule has 49 heavy (non-hydrogen) atoms. The van der Waals surface area contributed by atoms with Gasteiger partial charge in [0.05, 0.1) is 9.79 Å². The van der Waals surface area contributed by atoms with E-state index >= 15 is 0 Å². The zero-order valence-electron chi connectivity index (χ0n) is 25.5. The van der Waals surface area contributed by atoms with Gasteiger partial charge in [0.25, 0.3) is 11.8 Å². The molecule has 2 N–H and O–H groups in total. The van der Waals surface area contributed by atoms with E-state index in [0.29, 0.717) is 45.5 Å². The lowest BCUT2D eigenvalue weighted by molar-refractivity contribution is 0.101. The van der Waals surface area contributed by atoms with Crippen LogP contribution in [0.4, 0.5) is 20.2 Å². The van der Waals surface area contributed by atoms with Crippen molar-refractivity contribution in [3.8, 4) is 23.0 Å². The third kappa shape index (κ3) is 8.16. The van der Waals surface area contributed by atoms with Gasteiger partial charge in [-0.05, 0) is 146 Å². The Balaban J connectivity index is 1.03. The molecule has 0 aliphatic heterocycles. The fourth-order valence-electron chi connectivity index (χ4n) is 4.60. The molecule has 0 radical (unpaired) electrons. The van der Waals surface area contributed by atoms with Crippen molar-refractivity contribution in [2.75, 3.05) is 10.6 Å². The average Bonchev–Trinajstić information content (AvgIpc) is 3.11. The molecule has 0 spiro atoms. The summed E-state index contributed by atoms with van der Waals surface area (Å²) in [5, 5.41) is 5.45. The predicted octanol–water partition coefficient (Wildman–Crippen LogP) is 8.89. The lowest BCUT2D eigenvalue weighted by atomic mass is 10.2. The summed E-state index contributed by atoms with van der Waals surface area (Å²) in [6.45, 7) is 0. The van der Waals surface area contributed by atoms with Gasteiger partial charge in [-0.2, -0.15) is 0 Å². The molecule has 0 atom stereocenters. The van der Waals surface area contributed by atoms with Crippen LogP contribution in [-0.2, 0) is 9.84 Å². The van der Waals surface area contributed by atoms with Crippen LogP contribution in [0.3, 0.4) is 0 Å². The van der Waals surface area contributed by atoms with E-state index in [1.165, 1.54) is 72.8 Å². The lowest BCUT2D eigenvalue weighted by Crippen LogP contribution is -2.11. The second-order valence-electron chi connectivity index (χ2n) is 10.6. The minimum absolute atomic E-state index is 0.0747. The monoisotopic (exact) mass is 676 g/mol. The standard InChI is InChI=1S/C38H26F2N2O6S/c39-27-5-1-25(2-6-27)37(43)41-29-9-13-31(14-10-29)47-33-17-21-35(22-18-33)49(45,46)36-23-19-34(20-24-36)48-32-15-11-30(12-16-32)42-38(44)26-3-7-28(40)8-4-26/h1-24H,(H,41,43)(H,42,44). The Morgan fingerprint density at radius 2 is 0.714 bits per heavy atom. The Morgan fingerprint density at radius 1 is 0.429 bits per heavy atom. The quantitative estimate of drug-likeness (QED) is 0.150. The van der Waals surface area contributed by atoms with Crippen molar-refractivity contribution in [3.05, 3.63) is 168 Å². The fourth-order valence-corrected chi connectivity index (χ4v) is 5.86. The SMILES string of the molecule is O=C(Nc1ccc(Oc2ccc(S(=O)(=O)c3ccc(Oc4ccc(NC(=O)c5ccc(F)cc5)cc4)cc3)cc2)cc1)c1ccc(F)cc1. The number of sulfone groups is 1. The Labute approximate surface area is 280 Å². The van der Waals surface area contributed by atoms with Crippen LogP contribution >= 0.6 is 0 Å². The number of carbonyl (C=O) groups is 2. The van der Waals surface area contributed by atoms with Gasteiger partial charge in [-0.3, -0.25) is 9.59 Å². The molecule has 11 heteroatoms. The van der Waals surface area contributed by atoms with Crippen LogP contribution in [-0.4, -0.2) is 20.2 Å². The molecule has 8 nitrogen and oxygen atoms in total. The molecule has 6 aromatic carbocycles. The van der Waals surface area contributed by atoms with Crippen LogP contribution in [0.25, 0.3) is 0 Å². The van der Waals surface area contributed by atoms with Gasteiger partial charge in [0.15, 0.2) is 0 Å². The third-order valence-corrected chi connectivity index (χ3v) is 8.96. The molecule has 2 amide bonds. The number of carbonyl (C=O) groups excluding carboxylic acids is 2. The van der Waals surface area contributed by atoms with E-state index in [0.717, 1.165) is 0 Å². The maximum Gasteiger partial charge on any atom is 0.255 e. The molecule has 6 aromatic rings. The van der Waals surface area contributed by atoms with Gasteiger partial charge in [-0.1, -0.05) is 0 Å². The maximum absolute atomic E-state index is 13.3. The zero-order chi connectivity index (χ0) is 34.4. The highest BCUT2D eigenvalue weighted by molar-refractivity contribution is 7.91. The Hall–Kier alpha value is -6.33. The number of ether oxygens (including phenoxy) is 2. The molecule has 6 rings (SSSR count). The van der Waals surface area contributed by atoms with E-state index in [1.807, 2.05) is 0 Å². The second-order valence-corrected chi connectivity index (χ2v) is 12.6. The molecule has 0 bridgehead atoms. The molecule has 0 heterocycles. The first-order chi connectivity index (χ1) is 23.6. The van der Waals surface area contributed by atoms with Crippen molar-refractivity contribution in [1.29, 1.82) is 0 Å². The molecule has 0 unspecified atom stereocenters. The number of halogens is 2. The first kappa shape index (κ1) is 32.6. The van der Waals surface area contributed by atoms with Crippen LogP contribution in [0.5, 0.6) is 23.0 Å². The number of nitrogens with one attached hydrogen (secondary N) is 2. The normalized spacial score (nSPS) is 11.0. The number of rotatable bonds is 10. The van der Waals surface area contributed by atoms with Crippen LogP contribution in [0.2, 0.25) is 0 Å². The topological polar surface area (TPSA) is 111 Å². The number of hydrogen-bond acceptors (Lipinski definition) is 6. The zero-order valence-corrected chi connectivity index (χ0v) is 26.3. The van der Waals surface area contributed by atoms with Gasteiger partial charge in [-0.15, -0.1) is 0 Å². The summed E-state index contributed by atoms with van der Waals surface area (Å²) in [5.41, 5.74) is 1.67. The molecular weight excluding hydrogens is 650 g/mol. The van der Waals surface area contributed by atoms with E-state index < -0.39 is 21.5 Å². The van der Waals surface area contributed by atoms with E-state index in [4.69, 9.17) is 9.47 Å². The van der Waals surface area contributed by atoms with Crippen molar-refractivity contribution in [1.82, 2.24) is 0 Å². The summed E-state index contributed by atoms with van der Waals surface area (Å²) in [6, 6.07) is 35.6. The van der Waals surface area contributed by atoms with Gasteiger partial charge in [0.2, 0.25) is 9.84 Å². The highest BCUT2D eigenvalue weighted by Crippen LogP contribution is 2.29. The average molecular weight is 677 g/mol. The number of amides is 2.